The van der Waals surface area contributed by atoms with Crippen molar-refractivity contribution in [3.05, 3.63) is 35.6 Å². The average molecular weight is 237 g/mol. The summed E-state index contributed by atoms with van der Waals surface area (Å²) in [5.74, 6) is -0.177. The third-order valence-corrected chi connectivity index (χ3v) is 3.10. The molecule has 17 heavy (non-hydrogen) atoms. The Morgan fingerprint density at radius 3 is 2.65 bits per heavy atom. The van der Waals surface area contributed by atoms with Gasteiger partial charge >= 0.3 is 0 Å². The summed E-state index contributed by atoms with van der Waals surface area (Å²) in [4.78, 5) is 0. The highest BCUT2D eigenvalue weighted by Crippen LogP contribution is 2.18. The van der Waals surface area contributed by atoms with Crippen LogP contribution in [-0.2, 0) is 6.42 Å². The van der Waals surface area contributed by atoms with Gasteiger partial charge in [-0.1, -0.05) is 44.7 Å². The van der Waals surface area contributed by atoms with E-state index in [9.17, 15) is 4.39 Å². The molecule has 0 heterocycles. The molecule has 0 radical (unpaired) electrons. The zero-order valence-electron chi connectivity index (χ0n) is 11.0. The Labute approximate surface area is 104 Å². The minimum Gasteiger partial charge on any atom is -0.325 e. The summed E-state index contributed by atoms with van der Waals surface area (Å²) in [6.45, 7) is 4.26. The van der Waals surface area contributed by atoms with E-state index in [0.717, 1.165) is 24.8 Å². The summed E-state index contributed by atoms with van der Waals surface area (Å²) in [5.41, 5.74) is 7.03. The molecule has 1 aromatic carbocycles. The number of unbranched alkanes of at least 4 members (excludes halogenated alkanes) is 3. The molecule has 0 amide bonds. The lowest BCUT2D eigenvalue weighted by atomic mass is 9.88. The Balaban J connectivity index is 2.42. The largest absolute Gasteiger partial charge is 0.325 e. The summed E-state index contributed by atoms with van der Waals surface area (Å²) >= 11 is 0. The minimum absolute atomic E-state index is 0.177. The van der Waals surface area contributed by atoms with Gasteiger partial charge in [0, 0.05) is 5.54 Å². The molecule has 0 aliphatic heterocycles. The van der Waals surface area contributed by atoms with Gasteiger partial charge in [0.25, 0.3) is 0 Å². The fourth-order valence-electron chi connectivity index (χ4n) is 2.16. The highest BCUT2D eigenvalue weighted by atomic mass is 19.1. The van der Waals surface area contributed by atoms with Crippen molar-refractivity contribution in [1.82, 2.24) is 0 Å². The molecule has 0 spiro atoms. The Hall–Kier alpha value is -0.890. The highest BCUT2D eigenvalue weighted by molar-refractivity contribution is 5.18. The van der Waals surface area contributed by atoms with Crippen molar-refractivity contribution in [3.63, 3.8) is 0 Å². The number of hydrogen-bond donors (Lipinski definition) is 1. The molecule has 0 saturated carbocycles. The second-order valence-electron chi connectivity index (χ2n) is 5.27. The lowest BCUT2D eigenvalue weighted by Gasteiger charge is -2.24. The maximum atomic E-state index is 13.1. The first-order chi connectivity index (χ1) is 8.03. The van der Waals surface area contributed by atoms with E-state index >= 15 is 0 Å². The smallest absolute Gasteiger partial charge is 0.123 e. The topological polar surface area (TPSA) is 26.0 Å². The van der Waals surface area contributed by atoms with Crippen LogP contribution in [0.4, 0.5) is 4.39 Å². The molecule has 0 aliphatic rings. The molecule has 96 valence electrons. The molecule has 0 bridgehead atoms. The highest BCUT2D eigenvalue weighted by Gasteiger charge is 2.18. The molecule has 0 aromatic heterocycles. The Morgan fingerprint density at radius 2 is 2.00 bits per heavy atom. The quantitative estimate of drug-likeness (QED) is 0.711. The van der Waals surface area contributed by atoms with Crippen LogP contribution >= 0.6 is 0 Å². The summed E-state index contributed by atoms with van der Waals surface area (Å²) < 4.78 is 13.1. The Morgan fingerprint density at radius 1 is 1.24 bits per heavy atom. The minimum atomic E-state index is -0.221. The van der Waals surface area contributed by atoms with Crippen molar-refractivity contribution in [2.24, 2.45) is 5.73 Å². The van der Waals surface area contributed by atoms with Crippen LogP contribution in [0.3, 0.4) is 0 Å². The number of halogens is 1. The molecule has 2 N–H and O–H groups in total. The van der Waals surface area contributed by atoms with Crippen LogP contribution in [0, 0.1) is 5.82 Å². The molecule has 1 atom stereocenters. The first-order valence-electron chi connectivity index (χ1n) is 6.57. The molecule has 0 saturated heterocycles. The standard InChI is InChI=1S/C15H24FN/c1-3-4-5-6-10-15(2,17)12-13-8-7-9-14(16)11-13/h7-9,11H,3-6,10,12,17H2,1-2H3. The van der Waals surface area contributed by atoms with Gasteiger partial charge in [0.15, 0.2) is 0 Å². The van der Waals surface area contributed by atoms with Crippen LogP contribution in [0.5, 0.6) is 0 Å². The van der Waals surface area contributed by atoms with Gasteiger partial charge in [0.05, 0.1) is 0 Å². The third-order valence-electron chi connectivity index (χ3n) is 3.10. The molecule has 0 fully saturated rings. The summed E-state index contributed by atoms with van der Waals surface area (Å²) in [6, 6.07) is 6.74. The van der Waals surface area contributed by atoms with Gasteiger partial charge in [-0.05, 0) is 37.5 Å². The van der Waals surface area contributed by atoms with E-state index in [-0.39, 0.29) is 11.4 Å². The van der Waals surface area contributed by atoms with Gasteiger partial charge in [-0.2, -0.15) is 0 Å². The van der Waals surface area contributed by atoms with Crippen LogP contribution in [-0.4, -0.2) is 5.54 Å². The summed E-state index contributed by atoms with van der Waals surface area (Å²) in [5, 5.41) is 0. The maximum Gasteiger partial charge on any atom is 0.123 e. The predicted octanol–water partition coefficient (Wildman–Crippen LogP) is 4.06. The Bertz CT molecular complexity index is 333. The molecule has 1 unspecified atom stereocenters. The molecular weight excluding hydrogens is 213 g/mol. The number of nitrogens with two attached hydrogens (primary N) is 1. The number of hydrogen-bond acceptors (Lipinski definition) is 1. The van der Waals surface area contributed by atoms with Crippen LogP contribution in [0.1, 0.15) is 51.5 Å². The molecular formula is C15H24FN. The van der Waals surface area contributed by atoms with Gasteiger partial charge in [-0.3, -0.25) is 0 Å². The lowest BCUT2D eigenvalue weighted by Crippen LogP contribution is -2.38. The van der Waals surface area contributed by atoms with Crippen molar-refractivity contribution in [2.75, 3.05) is 0 Å². The monoisotopic (exact) mass is 237 g/mol. The third kappa shape index (κ3) is 5.83. The molecule has 1 aromatic rings. The summed E-state index contributed by atoms with van der Waals surface area (Å²) in [6.07, 6.45) is 6.67. The fraction of sp³-hybridized carbons (Fsp3) is 0.600. The molecule has 1 rings (SSSR count). The van der Waals surface area contributed by atoms with Crippen LogP contribution in [0.25, 0.3) is 0 Å². The van der Waals surface area contributed by atoms with Gasteiger partial charge in [-0.15, -0.1) is 0 Å². The first-order valence-corrected chi connectivity index (χ1v) is 6.57. The number of benzene rings is 1. The Kier molecular flexibility index (Phi) is 5.63. The van der Waals surface area contributed by atoms with E-state index in [2.05, 4.69) is 13.8 Å². The van der Waals surface area contributed by atoms with E-state index in [1.165, 1.54) is 25.3 Å². The van der Waals surface area contributed by atoms with Crippen LogP contribution in [0.15, 0.2) is 24.3 Å². The van der Waals surface area contributed by atoms with E-state index in [4.69, 9.17) is 5.73 Å². The zero-order valence-corrected chi connectivity index (χ0v) is 11.0. The second-order valence-corrected chi connectivity index (χ2v) is 5.27. The first kappa shape index (κ1) is 14.2. The summed E-state index contributed by atoms with van der Waals surface area (Å²) in [7, 11) is 0. The molecule has 2 heteroatoms. The SMILES string of the molecule is CCCCCCC(C)(N)Cc1cccc(F)c1. The van der Waals surface area contributed by atoms with E-state index in [1.54, 1.807) is 12.1 Å². The lowest BCUT2D eigenvalue weighted by molar-refractivity contribution is 0.405. The van der Waals surface area contributed by atoms with Crippen molar-refractivity contribution in [1.29, 1.82) is 0 Å². The van der Waals surface area contributed by atoms with Crippen molar-refractivity contribution in [3.8, 4) is 0 Å². The predicted molar refractivity (Wildman–Crippen MR) is 71.5 cm³/mol. The van der Waals surface area contributed by atoms with Gasteiger partial charge in [-0.25, -0.2) is 4.39 Å². The van der Waals surface area contributed by atoms with Crippen LogP contribution in [0.2, 0.25) is 0 Å². The van der Waals surface area contributed by atoms with Crippen molar-refractivity contribution in [2.45, 2.75) is 57.9 Å². The van der Waals surface area contributed by atoms with E-state index in [0.29, 0.717) is 0 Å². The second kappa shape index (κ2) is 6.75. The normalized spacial score (nSPS) is 14.6. The van der Waals surface area contributed by atoms with Crippen LogP contribution < -0.4 is 5.73 Å². The van der Waals surface area contributed by atoms with E-state index in [1.807, 2.05) is 6.07 Å². The van der Waals surface area contributed by atoms with Gasteiger partial charge < -0.3 is 5.73 Å². The number of rotatable bonds is 7. The van der Waals surface area contributed by atoms with Crippen molar-refractivity contribution >= 4 is 0 Å². The zero-order chi connectivity index (χ0) is 12.7. The molecule has 1 nitrogen and oxygen atoms in total. The van der Waals surface area contributed by atoms with Gasteiger partial charge in [0.2, 0.25) is 0 Å². The van der Waals surface area contributed by atoms with Crippen molar-refractivity contribution < 1.29 is 4.39 Å². The molecule has 0 aliphatic carbocycles. The van der Waals surface area contributed by atoms with E-state index < -0.39 is 0 Å². The van der Waals surface area contributed by atoms with Gasteiger partial charge in [0.1, 0.15) is 5.82 Å². The fourth-order valence-corrected chi connectivity index (χ4v) is 2.16. The maximum absolute atomic E-state index is 13.1. The average Bonchev–Trinajstić information content (AvgIpc) is 2.24.